The van der Waals surface area contributed by atoms with Gasteiger partial charge in [0.25, 0.3) is 0 Å². The van der Waals surface area contributed by atoms with E-state index in [0.29, 0.717) is 17.7 Å². The Labute approximate surface area is 117 Å². The molecule has 1 N–H and O–H groups in total. The highest BCUT2D eigenvalue weighted by Crippen LogP contribution is 2.29. The predicted molar refractivity (Wildman–Crippen MR) is 75.8 cm³/mol. The van der Waals surface area contributed by atoms with E-state index in [1.807, 2.05) is 13.1 Å². The quantitative estimate of drug-likeness (QED) is 0.920. The van der Waals surface area contributed by atoms with Crippen molar-refractivity contribution < 1.29 is 13.5 Å². The fraction of sp³-hybridized carbons (Fsp3) is 0.250. The molecule has 0 radical (unpaired) electrons. The van der Waals surface area contributed by atoms with E-state index in [0.717, 1.165) is 11.3 Å². The van der Waals surface area contributed by atoms with Gasteiger partial charge in [0.1, 0.15) is 17.4 Å². The molecule has 2 rings (SSSR count). The summed E-state index contributed by atoms with van der Waals surface area (Å²) in [5.74, 6) is -0.118. The number of hydrogen-bond donors (Lipinski definition) is 1. The Bertz CT molecular complexity index is 626. The standard InChI is InChI=1S/C16H17F2NO/c1-10-6-15(18)13(8-14(10)17)11-4-5-16(20-3)12(7-11)9-19-2/h4-8,19H,9H2,1-3H3. The van der Waals surface area contributed by atoms with Crippen molar-refractivity contribution in [1.82, 2.24) is 5.32 Å². The third-order valence-electron chi connectivity index (χ3n) is 3.21. The lowest BCUT2D eigenvalue weighted by Crippen LogP contribution is -2.06. The van der Waals surface area contributed by atoms with Crippen LogP contribution in [-0.4, -0.2) is 14.2 Å². The van der Waals surface area contributed by atoms with Crippen molar-refractivity contribution in [2.75, 3.05) is 14.2 Å². The largest absolute Gasteiger partial charge is 0.496 e. The first-order valence-corrected chi connectivity index (χ1v) is 6.34. The molecule has 2 aromatic carbocycles. The highest BCUT2D eigenvalue weighted by atomic mass is 19.1. The van der Waals surface area contributed by atoms with Gasteiger partial charge >= 0.3 is 0 Å². The van der Waals surface area contributed by atoms with E-state index in [9.17, 15) is 8.78 Å². The first-order chi connectivity index (χ1) is 9.56. The monoisotopic (exact) mass is 277 g/mol. The summed E-state index contributed by atoms with van der Waals surface area (Å²) in [6, 6.07) is 7.75. The molecule has 0 atom stereocenters. The minimum Gasteiger partial charge on any atom is -0.496 e. The summed E-state index contributed by atoms with van der Waals surface area (Å²) in [4.78, 5) is 0. The van der Waals surface area contributed by atoms with Crippen molar-refractivity contribution in [2.45, 2.75) is 13.5 Å². The number of aryl methyl sites for hydroxylation is 1. The molecule has 0 aliphatic carbocycles. The molecular weight excluding hydrogens is 260 g/mol. The molecule has 2 nitrogen and oxygen atoms in total. The zero-order valence-corrected chi connectivity index (χ0v) is 11.8. The molecular formula is C16H17F2NO. The predicted octanol–water partition coefficient (Wildman–Crippen LogP) is 3.67. The Morgan fingerprint density at radius 2 is 1.85 bits per heavy atom. The smallest absolute Gasteiger partial charge is 0.131 e. The molecule has 0 saturated carbocycles. The van der Waals surface area contributed by atoms with Crippen molar-refractivity contribution in [3.63, 3.8) is 0 Å². The minimum atomic E-state index is -0.426. The lowest BCUT2D eigenvalue weighted by atomic mass is 10.0. The molecule has 0 aromatic heterocycles. The zero-order valence-electron chi connectivity index (χ0n) is 11.8. The summed E-state index contributed by atoms with van der Waals surface area (Å²) in [5.41, 5.74) is 2.09. The zero-order chi connectivity index (χ0) is 14.7. The van der Waals surface area contributed by atoms with Crippen LogP contribution >= 0.6 is 0 Å². The summed E-state index contributed by atoms with van der Waals surface area (Å²) >= 11 is 0. The first kappa shape index (κ1) is 14.5. The average molecular weight is 277 g/mol. The van der Waals surface area contributed by atoms with Crippen molar-refractivity contribution in [2.24, 2.45) is 0 Å². The van der Waals surface area contributed by atoms with E-state index in [1.54, 1.807) is 26.2 Å². The van der Waals surface area contributed by atoms with Crippen LogP contribution in [0.1, 0.15) is 11.1 Å². The number of methoxy groups -OCH3 is 1. The molecule has 0 unspecified atom stereocenters. The first-order valence-electron chi connectivity index (χ1n) is 6.34. The summed E-state index contributed by atoms with van der Waals surface area (Å²) < 4.78 is 32.9. The number of halogens is 2. The molecule has 20 heavy (non-hydrogen) atoms. The van der Waals surface area contributed by atoms with Crippen LogP contribution in [0, 0.1) is 18.6 Å². The van der Waals surface area contributed by atoms with Crippen LogP contribution in [0.15, 0.2) is 30.3 Å². The van der Waals surface area contributed by atoms with Crippen molar-refractivity contribution in [3.8, 4) is 16.9 Å². The van der Waals surface area contributed by atoms with Crippen LogP contribution in [0.25, 0.3) is 11.1 Å². The SMILES string of the molecule is CNCc1cc(-c2cc(F)c(C)cc2F)ccc1OC. The van der Waals surface area contributed by atoms with Gasteiger partial charge in [-0.1, -0.05) is 6.07 Å². The van der Waals surface area contributed by atoms with Crippen molar-refractivity contribution in [1.29, 1.82) is 0 Å². The fourth-order valence-electron chi connectivity index (χ4n) is 2.14. The van der Waals surface area contributed by atoms with E-state index in [-0.39, 0.29) is 5.56 Å². The Morgan fingerprint density at radius 3 is 2.50 bits per heavy atom. The molecule has 0 bridgehead atoms. The number of nitrogens with one attached hydrogen (secondary N) is 1. The molecule has 0 aliphatic rings. The summed E-state index contributed by atoms with van der Waals surface area (Å²) in [6.07, 6.45) is 0. The maximum atomic E-state index is 14.0. The van der Waals surface area contributed by atoms with E-state index >= 15 is 0 Å². The highest BCUT2D eigenvalue weighted by Gasteiger charge is 2.11. The fourth-order valence-corrected chi connectivity index (χ4v) is 2.14. The van der Waals surface area contributed by atoms with Gasteiger partial charge in [0.15, 0.2) is 0 Å². The Morgan fingerprint density at radius 1 is 1.10 bits per heavy atom. The van der Waals surface area contributed by atoms with Gasteiger partial charge in [0.05, 0.1) is 7.11 Å². The Kier molecular flexibility index (Phi) is 4.35. The molecule has 0 amide bonds. The third-order valence-corrected chi connectivity index (χ3v) is 3.21. The van der Waals surface area contributed by atoms with Crippen molar-refractivity contribution in [3.05, 3.63) is 53.1 Å². The normalized spacial score (nSPS) is 10.7. The van der Waals surface area contributed by atoms with E-state index in [1.165, 1.54) is 12.1 Å². The maximum absolute atomic E-state index is 14.0. The topological polar surface area (TPSA) is 21.3 Å². The molecule has 0 aliphatic heterocycles. The minimum absolute atomic E-state index is 0.258. The number of ether oxygens (including phenoxy) is 1. The molecule has 106 valence electrons. The van der Waals surface area contributed by atoms with Gasteiger partial charge < -0.3 is 10.1 Å². The molecule has 0 saturated heterocycles. The van der Waals surface area contributed by atoms with Crippen LogP contribution < -0.4 is 10.1 Å². The summed E-state index contributed by atoms with van der Waals surface area (Å²) in [5, 5.41) is 3.02. The van der Waals surface area contributed by atoms with Gasteiger partial charge in [-0.25, -0.2) is 8.78 Å². The van der Waals surface area contributed by atoms with Crippen LogP contribution in [-0.2, 0) is 6.54 Å². The van der Waals surface area contributed by atoms with Gasteiger partial charge in [0.2, 0.25) is 0 Å². The molecule has 0 spiro atoms. The maximum Gasteiger partial charge on any atom is 0.131 e. The van der Waals surface area contributed by atoms with Gasteiger partial charge in [0, 0.05) is 17.7 Å². The van der Waals surface area contributed by atoms with Crippen molar-refractivity contribution >= 4 is 0 Å². The number of benzene rings is 2. The van der Waals surface area contributed by atoms with E-state index in [4.69, 9.17) is 4.74 Å². The Hall–Kier alpha value is -1.94. The van der Waals surface area contributed by atoms with Gasteiger partial charge in [-0.15, -0.1) is 0 Å². The third kappa shape index (κ3) is 2.80. The molecule has 0 fully saturated rings. The lowest BCUT2D eigenvalue weighted by molar-refractivity contribution is 0.408. The van der Waals surface area contributed by atoms with Crippen LogP contribution in [0.4, 0.5) is 8.78 Å². The highest BCUT2D eigenvalue weighted by molar-refractivity contribution is 5.67. The van der Waals surface area contributed by atoms with Crippen LogP contribution in [0.3, 0.4) is 0 Å². The van der Waals surface area contributed by atoms with Gasteiger partial charge in [-0.05, 0) is 49.4 Å². The molecule has 0 heterocycles. The number of rotatable bonds is 4. The second-order valence-electron chi connectivity index (χ2n) is 4.64. The summed E-state index contributed by atoms with van der Waals surface area (Å²) in [7, 11) is 3.40. The van der Waals surface area contributed by atoms with E-state index < -0.39 is 11.6 Å². The average Bonchev–Trinajstić information content (AvgIpc) is 2.43. The molecule has 2 aromatic rings. The van der Waals surface area contributed by atoms with Crippen LogP contribution in [0.2, 0.25) is 0 Å². The van der Waals surface area contributed by atoms with E-state index in [2.05, 4.69) is 5.32 Å². The lowest BCUT2D eigenvalue weighted by Gasteiger charge is -2.12. The van der Waals surface area contributed by atoms with Gasteiger partial charge in [-0.3, -0.25) is 0 Å². The van der Waals surface area contributed by atoms with Crippen LogP contribution in [0.5, 0.6) is 5.75 Å². The summed E-state index contributed by atoms with van der Waals surface area (Å²) in [6.45, 7) is 2.13. The molecule has 4 heteroatoms. The Balaban J connectivity index is 2.53. The second-order valence-corrected chi connectivity index (χ2v) is 4.64. The number of hydrogen-bond acceptors (Lipinski definition) is 2. The second kappa shape index (κ2) is 6.01. The van der Waals surface area contributed by atoms with Gasteiger partial charge in [-0.2, -0.15) is 0 Å².